The van der Waals surface area contributed by atoms with Crippen LogP contribution in [0.15, 0.2) is 42.0 Å². The molecular formula is C42H67N5O8. The summed E-state index contributed by atoms with van der Waals surface area (Å²) < 4.78 is 17.0. The topological polar surface area (TPSA) is 147 Å². The number of hydrogen-bond donors (Lipinski definition) is 2. The van der Waals surface area contributed by atoms with Gasteiger partial charge in [0.1, 0.15) is 12.1 Å². The molecule has 0 bridgehead atoms. The van der Waals surface area contributed by atoms with Crippen molar-refractivity contribution in [1.82, 2.24) is 25.3 Å². The number of benzene rings is 1. The van der Waals surface area contributed by atoms with Gasteiger partial charge in [-0.2, -0.15) is 0 Å². The Bertz CT molecular complexity index is 1490. The zero-order chi connectivity index (χ0) is 41.0. The van der Waals surface area contributed by atoms with Gasteiger partial charge < -0.3 is 34.6 Å². The molecule has 2 aliphatic heterocycles. The fourth-order valence-corrected chi connectivity index (χ4v) is 8.20. The smallest absolute Gasteiger partial charge is 0.328 e. The van der Waals surface area contributed by atoms with Crippen molar-refractivity contribution >= 4 is 29.6 Å². The number of methoxy groups -OCH3 is 3. The van der Waals surface area contributed by atoms with Crippen LogP contribution >= 0.6 is 0 Å². The second kappa shape index (κ2) is 20.9. The lowest BCUT2D eigenvalue weighted by molar-refractivity contribution is -0.148. The number of nitrogens with one attached hydrogen (secondary N) is 2. The minimum absolute atomic E-state index is 0.000660. The molecule has 2 fully saturated rings. The van der Waals surface area contributed by atoms with Crippen molar-refractivity contribution < 1.29 is 38.2 Å². The molecule has 9 unspecified atom stereocenters. The summed E-state index contributed by atoms with van der Waals surface area (Å²) in [4.78, 5) is 74.0. The van der Waals surface area contributed by atoms with E-state index in [0.717, 1.165) is 36.9 Å². The van der Waals surface area contributed by atoms with Gasteiger partial charge in [0.05, 0.1) is 49.3 Å². The summed E-state index contributed by atoms with van der Waals surface area (Å²) >= 11 is 0. The molecule has 13 nitrogen and oxygen atoms in total. The molecule has 0 radical (unpaired) electrons. The number of esters is 1. The maximum absolute atomic E-state index is 14.3. The van der Waals surface area contributed by atoms with Crippen LogP contribution in [-0.4, -0.2) is 135 Å². The maximum Gasteiger partial charge on any atom is 0.328 e. The van der Waals surface area contributed by atoms with Gasteiger partial charge in [0.25, 0.3) is 0 Å². The van der Waals surface area contributed by atoms with E-state index in [1.54, 1.807) is 37.0 Å². The Kier molecular flexibility index (Phi) is 17.3. The molecule has 3 rings (SSSR count). The zero-order valence-electron chi connectivity index (χ0n) is 35.1. The van der Waals surface area contributed by atoms with E-state index in [1.807, 2.05) is 76.9 Å². The number of carbonyl (C=O) groups is 5. The third kappa shape index (κ3) is 11.4. The highest BCUT2D eigenvalue weighted by Gasteiger charge is 2.45. The molecule has 308 valence electrons. The number of ether oxygens (including phenoxy) is 3. The van der Waals surface area contributed by atoms with Crippen molar-refractivity contribution in [3.63, 3.8) is 0 Å². The van der Waals surface area contributed by atoms with Crippen molar-refractivity contribution in [3.05, 3.63) is 47.5 Å². The Morgan fingerprint density at radius 3 is 2.22 bits per heavy atom. The lowest BCUT2D eigenvalue weighted by Gasteiger charge is -2.40. The largest absolute Gasteiger partial charge is 0.467 e. The van der Waals surface area contributed by atoms with Crippen LogP contribution in [0.5, 0.6) is 0 Å². The highest BCUT2D eigenvalue weighted by Crippen LogP contribution is 2.30. The second-order valence-corrected chi connectivity index (χ2v) is 15.9. The van der Waals surface area contributed by atoms with Gasteiger partial charge in [0, 0.05) is 34.2 Å². The van der Waals surface area contributed by atoms with Crippen molar-refractivity contribution in [3.8, 4) is 0 Å². The number of hydrogen-bond acceptors (Lipinski definition) is 9. The van der Waals surface area contributed by atoms with Crippen LogP contribution < -0.4 is 10.6 Å². The molecule has 9 atom stereocenters. The van der Waals surface area contributed by atoms with Crippen LogP contribution in [0.4, 0.5) is 0 Å². The van der Waals surface area contributed by atoms with E-state index >= 15 is 0 Å². The molecule has 0 spiro atoms. The lowest BCUT2D eigenvalue weighted by Crippen LogP contribution is -2.59. The first kappa shape index (κ1) is 45.6. The summed E-state index contributed by atoms with van der Waals surface area (Å²) in [5.41, 5.74) is 1.06. The average Bonchev–Trinajstić information content (AvgIpc) is 3.79. The van der Waals surface area contributed by atoms with Gasteiger partial charge in [-0.1, -0.05) is 69.2 Å². The summed E-state index contributed by atoms with van der Waals surface area (Å²) in [6, 6.07) is 6.73. The molecule has 2 N–H and O–H groups in total. The number of nitrogens with zero attached hydrogens (tertiary/aromatic N) is 3. The van der Waals surface area contributed by atoms with Crippen LogP contribution in [0.1, 0.15) is 85.6 Å². The van der Waals surface area contributed by atoms with Crippen LogP contribution in [0.3, 0.4) is 0 Å². The van der Waals surface area contributed by atoms with E-state index in [1.165, 1.54) is 14.2 Å². The molecule has 13 heteroatoms. The van der Waals surface area contributed by atoms with Crippen molar-refractivity contribution in [2.45, 2.75) is 128 Å². The number of likely N-dealkylation sites (N-methyl/N-ethyl adjacent to an activating group) is 2. The minimum atomic E-state index is -0.891. The number of amides is 4. The number of allylic oxidation sites excluding steroid dienone is 1. The average molecular weight is 770 g/mol. The van der Waals surface area contributed by atoms with Crippen molar-refractivity contribution in [2.24, 2.45) is 11.8 Å². The Hall–Kier alpha value is -3.81. The Morgan fingerprint density at radius 1 is 1.00 bits per heavy atom. The Morgan fingerprint density at radius 2 is 1.67 bits per heavy atom. The molecular weight excluding hydrogens is 702 g/mol. The van der Waals surface area contributed by atoms with Gasteiger partial charge in [-0.25, -0.2) is 4.79 Å². The van der Waals surface area contributed by atoms with Gasteiger partial charge in [0.15, 0.2) is 0 Å². The normalized spacial score (nSPS) is 22.4. The van der Waals surface area contributed by atoms with E-state index < -0.39 is 53.8 Å². The van der Waals surface area contributed by atoms with Crippen LogP contribution in [0, 0.1) is 11.8 Å². The van der Waals surface area contributed by atoms with E-state index in [0.29, 0.717) is 19.4 Å². The van der Waals surface area contributed by atoms with Crippen LogP contribution in [-0.2, 0) is 44.6 Å². The first-order valence-electron chi connectivity index (χ1n) is 19.7. The molecule has 0 aliphatic carbocycles. The Labute approximate surface area is 328 Å². The molecule has 2 saturated heterocycles. The van der Waals surface area contributed by atoms with Gasteiger partial charge in [0.2, 0.25) is 23.6 Å². The molecule has 55 heavy (non-hydrogen) atoms. The number of rotatable bonds is 19. The van der Waals surface area contributed by atoms with E-state index in [2.05, 4.69) is 10.6 Å². The van der Waals surface area contributed by atoms with Gasteiger partial charge >= 0.3 is 5.97 Å². The first-order chi connectivity index (χ1) is 26.0. The number of carbonyl (C=O) groups excluding carboxylic acids is 5. The lowest BCUT2D eigenvalue weighted by atomic mass is 9.89. The van der Waals surface area contributed by atoms with E-state index in [-0.39, 0.29) is 42.4 Å². The quantitative estimate of drug-likeness (QED) is 0.159. The Balaban J connectivity index is 1.80. The zero-order valence-corrected chi connectivity index (χ0v) is 35.1. The van der Waals surface area contributed by atoms with Gasteiger partial charge in [-0.05, 0) is 71.5 Å². The standard InChI is InChI=1S/C42H67N5O8/c1-12-28(4)36(46(8)39(50)31(24-27(2)3)44-41(52)42(6)21-17-22-45(42)7)34(53-9)26-35(48)47-23-16-20-33(47)37(54-10)29(5)38(49)43-32(40(51)55-11)25-30-18-14-13-15-19-30/h13-15,18-19,24,28-29,31-34,36-37H,12,16-17,20-23,25-26H2,1-11H3,(H,43,49)(H,44,52). The predicted octanol–water partition coefficient (Wildman–Crippen LogP) is 3.74. The van der Waals surface area contributed by atoms with Gasteiger partial charge in [-0.15, -0.1) is 0 Å². The van der Waals surface area contributed by atoms with Gasteiger partial charge in [-0.3, -0.25) is 24.1 Å². The summed E-state index contributed by atoms with van der Waals surface area (Å²) in [7, 11) is 8.02. The molecule has 1 aromatic carbocycles. The van der Waals surface area contributed by atoms with E-state index in [9.17, 15) is 24.0 Å². The van der Waals surface area contributed by atoms with Crippen molar-refractivity contribution in [2.75, 3.05) is 48.5 Å². The maximum atomic E-state index is 14.3. The third-order valence-electron chi connectivity index (χ3n) is 11.9. The van der Waals surface area contributed by atoms with E-state index in [4.69, 9.17) is 14.2 Å². The summed E-state index contributed by atoms with van der Waals surface area (Å²) in [6.07, 6.45) is 4.44. The highest BCUT2D eigenvalue weighted by atomic mass is 16.5. The highest BCUT2D eigenvalue weighted by molar-refractivity contribution is 5.93. The van der Waals surface area contributed by atoms with Crippen LogP contribution in [0.25, 0.3) is 0 Å². The fourth-order valence-electron chi connectivity index (χ4n) is 8.20. The summed E-state index contributed by atoms with van der Waals surface area (Å²) in [6.45, 7) is 12.8. The van der Waals surface area contributed by atoms with Crippen LogP contribution in [0.2, 0.25) is 0 Å². The molecule has 4 amide bonds. The monoisotopic (exact) mass is 769 g/mol. The van der Waals surface area contributed by atoms with Crippen molar-refractivity contribution in [1.29, 1.82) is 0 Å². The first-order valence-corrected chi connectivity index (χ1v) is 19.7. The second-order valence-electron chi connectivity index (χ2n) is 15.9. The molecule has 0 aromatic heterocycles. The minimum Gasteiger partial charge on any atom is -0.467 e. The summed E-state index contributed by atoms with van der Waals surface area (Å²) in [5, 5.41) is 5.90. The fraction of sp³-hybridized carbons (Fsp3) is 0.690. The molecule has 0 saturated carbocycles. The molecule has 1 aromatic rings. The molecule has 2 heterocycles. The number of likely N-dealkylation sites (tertiary alicyclic amines) is 2. The third-order valence-corrected chi connectivity index (χ3v) is 11.9. The summed E-state index contributed by atoms with van der Waals surface area (Å²) in [5.74, 6) is -2.31. The SMILES string of the molecule is CCC(C)C(C(CC(=O)N1CCCC1C(OC)C(C)C(=O)NC(Cc1ccccc1)C(=O)OC)OC)N(C)C(=O)C(C=C(C)C)NC(=O)C1(C)CCCN1C. The predicted molar refractivity (Wildman–Crippen MR) is 212 cm³/mol. The molecule has 2 aliphatic rings.